The van der Waals surface area contributed by atoms with Crippen molar-refractivity contribution in [3.63, 3.8) is 0 Å². The summed E-state index contributed by atoms with van der Waals surface area (Å²) in [4.78, 5) is 15.6. The number of para-hydroxylation sites is 1. The van der Waals surface area contributed by atoms with Crippen molar-refractivity contribution in [2.24, 2.45) is 0 Å². The van der Waals surface area contributed by atoms with Crippen LogP contribution < -0.4 is 5.32 Å². The maximum Gasteiger partial charge on any atom is 0.238 e. The fourth-order valence-corrected chi connectivity index (χ4v) is 3.62. The second-order valence-electron chi connectivity index (χ2n) is 6.26. The van der Waals surface area contributed by atoms with Crippen LogP contribution in [0.1, 0.15) is 27.2 Å². The molecule has 1 saturated heterocycles. The number of rotatable bonds is 6. The molecule has 1 aliphatic heterocycles. The number of amides is 1. The number of morpholine rings is 1. The molecular weight excluding hydrogens is 322 g/mol. The van der Waals surface area contributed by atoms with Crippen LogP contribution in [0, 0.1) is 11.3 Å². The number of nitriles is 1. The first kappa shape index (κ1) is 18.8. The van der Waals surface area contributed by atoms with E-state index in [0.29, 0.717) is 19.6 Å². The number of nitrogens with one attached hydrogen (secondary N) is 1. The molecule has 0 aromatic heterocycles. The van der Waals surface area contributed by atoms with Gasteiger partial charge in [-0.1, -0.05) is 19.1 Å². The minimum Gasteiger partial charge on any atom is -0.376 e. The fourth-order valence-electron chi connectivity index (χ4n) is 2.63. The molecule has 0 radical (unpaired) electrons. The summed E-state index contributed by atoms with van der Waals surface area (Å²) in [6.07, 6.45) is 0.638. The van der Waals surface area contributed by atoms with Crippen LogP contribution >= 0.6 is 11.8 Å². The molecule has 1 aromatic carbocycles. The van der Waals surface area contributed by atoms with Crippen LogP contribution in [0.4, 0.5) is 5.69 Å². The molecule has 0 bridgehead atoms. The van der Waals surface area contributed by atoms with Gasteiger partial charge in [-0.3, -0.25) is 9.69 Å². The molecule has 0 spiro atoms. The third-order valence-corrected chi connectivity index (χ3v) is 5.13. The van der Waals surface area contributed by atoms with Gasteiger partial charge in [0.2, 0.25) is 5.91 Å². The standard InChI is InChI=1S/C18H25N3O2S/c1-13-12-23-14(2)10-21(13)11-18(22)20-16-6-4-5-7-17(16)24-15(3)8-9-19/h4-7,13-15H,8,10-12H2,1-3H3,(H,20,22)/t13-,14+,15+/m0/s1. The highest BCUT2D eigenvalue weighted by Gasteiger charge is 2.25. The molecule has 130 valence electrons. The summed E-state index contributed by atoms with van der Waals surface area (Å²) >= 11 is 1.61. The molecule has 1 amide bonds. The quantitative estimate of drug-likeness (QED) is 0.801. The summed E-state index contributed by atoms with van der Waals surface area (Å²) in [5, 5.41) is 12.0. The maximum absolute atomic E-state index is 12.4. The van der Waals surface area contributed by atoms with E-state index in [-0.39, 0.29) is 23.3 Å². The first-order valence-corrected chi connectivity index (χ1v) is 9.15. The second kappa shape index (κ2) is 9.07. The van der Waals surface area contributed by atoms with Crippen LogP contribution in [-0.4, -0.2) is 47.9 Å². The van der Waals surface area contributed by atoms with E-state index < -0.39 is 0 Å². The Morgan fingerprint density at radius 3 is 3.00 bits per heavy atom. The highest BCUT2D eigenvalue weighted by Crippen LogP contribution is 2.31. The number of nitrogens with zero attached hydrogens (tertiary/aromatic N) is 2. The van der Waals surface area contributed by atoms with E-state index in [0.717, 1.165) is 17.1 Å². The Hall–Kier alpha value is -1.55. The van der Waals surface area contributed by atoms with Crippen LogP contribution in [0.2, 0.25) is 0 Å². The molecule has 1 fully saturated rings. The van der Waals surface area contributed by atoms with Crippen molar-refractivity contribution in [1.29, 1.82) is 5.26 Å². The van der Waals surface area contributed by atoms with E-state index in [4.69, 9.17) is 10.00 Å². The number of benzene rings is 1. The van der Waals surface area contributed by atoms with Gasteiger partial charge in [0.05, 0.1) is 31.0 Å². The van der Waals surface area contributed by atoms with E-state index in [1.165, 1.54) is 0 Å². The molecule has 3 atom stereocenters. The Bertz CT molecular complexity index is 602. The summed E-state index contributed by atoms with van der Waals surface area (Å²) in [5.74, 6) is -0.0167. The number of hydrogen-bond acceptors (Lipinski definition) is 5. The van der Waals surface area contributed by atoms with Gasteiger partial charge in [-0.05, 0) is 26.0 Å². The van der Waals surface area contributed by atoms with Gasteiger partial charge in [-0.2, -0.15) is 5.26 Å². The Labute approximate surface area is 148 Å². The monoisotopic (exact) mass is 347 g/mol. The number of anilines is 1. The largest absolute Gasteiger partial charge is 0.376 e. The molecule has 1 heterocycles. The highest BCUT2D eigenvalue weighted by molar-refractivity contribution is 8.00. The summed E-state index contributed by atoms with van der Waals surface area (Å²) in [7, 11) is 0. The van der Waals surface area contributed by atoms with Crippen molar-refractivity contribution < 1.29 is 9.53 Å². The molecule has 0 unspecified atom stereocenters. The Morgan fingerprint density at radius 1 is 1.50 bits per heavy atom. The van der Waals surface area contributed by atoms with Gasteiger partial charge in [-0.15, -0.1) is 11.8 Å². The number of carbonyl (C=O) groups is 1. The second-order valence-corrected chi connectivity index (χ2v) is 7.74. The van der Waals surface area contributed by atoms with Gasteiger partial charge in [0.15, 0.2) is 0 Å². The Morgan fingerprint density at radius 2 is 2.25 bits per heavy atom. The Balaban J connectivity index is 1.97. The predicted molar refractivity (Wildman–Crippen MR) is 97.1 cm³/mol. The lowest BCUT2D eigenvalue weighted by Crippen LogP contribution is -2.50. The third kappa shape index (κ3) is 5.52. The molecular formula is C18H25N3O2S. The average Bonchev–Trinajstić information content (AvgIpc) is 2.53. The minimum atomic E-state index is -0.0167. The van der Waals surface area contributed by atoms with E-state index in [2.05, 4.69) is 23.2 Å². The number of thioether (sulfide) groups is 1. The average molecular weight is 347 g/mol. The first-order valence-electron chi connectivity index (χ1n) is 8.27. The van der Waals surface area contributed by atoms with Crippen molar-refractivity contribution in [3.8, 4) is 6.07 Å². The Kier molecular flexibility index (Phi) is 7.10. The van der Waals surface area contributed by atoms with Crippen molar-refractivity contribution in [1.82, 2.24) is 4.90 Å². The normalized spacial score (nSPS) is 22.6. The van der Waals surface area contributed by atoms with Crippen LogP contribution in [0.5, 0.6) is 0 Å². The number of ether oxygens (including phenoxy) is 1. The summed E-state index contributed by atoms with van der Waals surface area (Å²) in [6, 6.07) is 10.2. The molecule has 6 heteroatoms. The van der Waals surface area contributed by atoms with E-state index in [9.17, 15) is 4.79 Å². The SMILES string of the molecule is C[C@@H]1CN(CC(=O)Nc2ccccc2S[C@H](C)CC#N)[C@@H](C)CO1. The first-order chi connectivity index (χ1) is 11.5. The molecule has 2 rings (SSSR count). The van der Waals surface area contributed by atoms with Gasteiger partial charge in [-0.25, -0.2) is 0 Å². The third-order valence-electron chi connectivity index (χ3n) is 3.95. The predicted octanol–water partition coefficient (Wildman–Crippen LogP) is 3.13. The molecule has 24 heavy (non-hydrogen) atoms. The van der Waals surface area contributed by atoms with E-state index >= 15 is 0 Å². The van der Waals surface area contributed by atoms with Crippen LogP contribution in [0.3, 0.4) is 0 Å². The summed E-state index contributed by atoms with van der Waals surface area (Å²) < 4.78 is 5.60. The van der Waals surface area contributed by atoms with Gasteiger partial charge >= 0.3 is 0 Å². The van der Waals surface area contributed by atoms with Crippen molar-refractivity contribution in [2.75, 3.05) is 25.0 Å². The maximum atomic E-state index is 12.4. The number of carbonyl (C=O) groups excluding carboxylic acids is 1. The van der Waals surface area contributed by atoms with Crippen molar-refractivity contribution in [3.05, 3.63) is 24.3 Å². The minimum absolute atomic E-state index is 0.0167. The molecule has 5 nitrogen and oxygen atoms in total. The van der Waals surface area contributed by atoms with Crippen LogP contribution in [0.25, 0.3) is 0 Å². The number of hydrogen-bond donors (Lipinski definition) is 1. The lowest BCUT2D eigenvalue weighted by Gasteiger charge is -2.36. The zero-order valence-corrected chi connectivity index (χ0v) is 15.3. The fraction of sp³-hybridized carbons (Fsp3) is 0.556. The molecule has 1 aromatic rings. The van der Waals surface area contributed by atoms with Gasteiger partial charge in [0.25, 0.3) is 0 Å². The summed E-state index contributed by atoms with van der Waals surface area (Å²) in [6.45, 7) is 7.91. The molecule has 1 N–H and O–H groups in total. The van der Waals surface area contributed by atoms with Gasteiger partial charge in [0.1, 0.15) is 0 Å². The molecule has 0 saturated carbocycles. The van der Waals surface area contributed by atoms with Crippen molar-refractivity contribution >= 4 is 23.4 Å². The summed E-state index contributed by atoms with van der Waals surface area (Å²) in [5.41, 5.74) is 0.811. The van der Waals surface area contributed by atoms with Gasteiger partial charge < -0.3 is 10.1 Å². The van der Waals surface area contributed by atoms with Crippen LogP contribution in [0.15, 0.2) is 29.2 Å². The molecule has 1 aliphatic rings. The lowest BCUT2D eigenvalue weighted by molar-refractivity contribution is -0.121. The zero-order chi connectivity index (χ0) is 17.5. The van der Waals surface area contributed by atoms with Crippen LogP contribution in [-0.2, 0) is 9.53 Å². The van der Waals surface area contributed by atoms with E-state index in [1.54, 1.807) is 11.8 Å². The smallest absolute Gasteiger partial charge is 0.238 e. The zero-order valence-electron chi connectivity index (χ0n) is 14.5. The lowest BCUT2D eigenvalue weighted by atomic mass is 10.2. The van der Waals surface area contributed by atoms with Crippen molar-refractivity contribution in [2.45, 2.75) is 49.5 Å². The topological polar surface area (TPSA) is 65.4 Å². The molecule has 0 aliphatic carbocycles. The van der Waals surface area contributed by atoms with Gasteiger partial charge in [0, 0.05) is 29.2 Å². The highest BCUT2D eigenvalue weighted by atomic mass is 32.2. The van der Waals surface area contributed by atoms with E-state index in [1.807, 2.05) is 38.1 Å².